The van der Waals surface area contributed by atoms with Gasteiger partial charge in [0, 0.05) is 10.1 Å². The van der Waals surface area contributed by atoms with Gasteiger partial charge in [-0.3, -0.25) is 4.21 Å². The monoisotopic (exact) mass is 226 g/mol. The summed E-state index contributed by atoms with van der Waals surface area (Å²) in [6.45, 7) is 3.85. The highest BCUT2D eigenvalue weighted by atomic mass is 32.2. The summed E-state index contributed by atoms with van der Waals surface area (Å²) in [5, 5.41) is 8.84. The van der Waals surface area contributed by atoms with Crippen molar-refractivity contribution < 1.29 is 14.1 Å². The molecule has 2 unspecified atom stereocenters. The lowest BCUT2D eigenvalue weighted by atomic mass is 10.2. The molecule has 0 saturated carbocycles. The van der Waals surface area contributed by atoms with Crippen molar-refractivity contribution >= 4 is 16.8 Å². The molecule has 1 aromatic carbocycles. The SMILES string of the molecule is CCC(C)S(=O)c1cccc(C(=O)O)c1. The van der Waals surface area contributed by atoms with E-state index in [0.717, 1.165) is 6.42 Å². The van der Waals surface area contributed by atoms with Gasteiger partial charge >= 0.3 is 5.97 Å². The van der Waals surface area contributed by atoms with E-state index in [-0.39, 0.29) is 10.8 Å². The highest BCUT2D eigenvalue weighted by molar-refractivity contribution is 7.85. The van der Waals surface area contributed by atoms with Crippen LogP contribution in [0.3, 0.4) is 0 Å². The van der Waals surface area contributed by atoms with E-state index in [4.69, 9.17) is 5.11 Å². The van der Waals surface area contributed by atoms with Gasteiger partial charge in [0.05, 0.1) is 16.4 Å². The van der Waals surface area contributed by atoms with Gasteiger partial charge in [-0.25, -0.2) is 4.79 Å². The maximum Gasteiger partial charge on any atom is 0.335 e. The molecule has 0 aromatic heterocycles. The molecule has 0 aliphatic heterocycles. The number of carboxylic acid groups (broad SMARTS) is 1. The fourth-order valence-electron chi connectivity index (χ4n) is 1.14. The summed E-state index contributed by atoms with van der Waals surface area (Å²) in [5.41, 5.74) is 0.184. The average Bonchev–Trinajstić information content (AvgIpc) is 2.27. The summed E-state index contributed by atoms with van der Waals surface area (Å²) in [5.74, 6) is -0.988. The van der Waals surface area contributed by atoms with Gasteiger partial charge < -0.3 is 5.11 Å². The minimum atomic E-state index is -1.12. The molecule has 1 N–H and O–H groups in total. The first-order valence-corrected chi connectivity index (χ1v) is 6.01. The largest absolute Gasteiger partial charge is 0.478 e. The molecule has 0 heterocycles. The second-order valence-electron chi connectivity index (χ2n) is 3.35. The number of hydrogen-bond acceptors (Lipinski definition) is 2. The molecule has 0 spiro atoms. The van der Waals surface area contributed by atoms with Crippen LogP contribution in [0.2, 0.25) is 0 Å². The third-order valence-corrected chi connectivity index (χ3v) is 4.04. The highest BCUT2D eigenvalue weighted by Crippen LogP contribution is 2.15. The van der Waals surface area contributed by atoms with Gasteiger partial charge in [0.1, 0.15) is 0 Å². The molecule has 0 bridgehead atoms. The molecule has 1 aromatic rings. The lowest BCUT2D eigenvalue weighted by molar-refractivity contribution is 0.0696. The summed E-state index contributed by atoms with van der Waals surface area (Å²) in [4.78, 5) is 11.3. The van der Waals surface area contributed by atoms with Gasteiger partial charge in [-0.15, -0.1) is 0 Å². The van der Waals surface area contributed by atoms with E-state index >= 15 is 0 Å². The first-order chi connectivity index (χ1) is 7.06. The Kier molecular flexibility index (Phi) is 4.03. The molecule has 0 amide bonds. The Bertz CT molecular complexity index is 387. The minimum absolute atomic E-state index is 0.0500. The third-order valence-electron chi connectivity index (χ3n) is 2.25. The highest BCUT2D eigenvalue weighted by Gasteiger charge is 2.13. The van der Waals surface area contributed by atoms with Crippen LogP contribution in [-0.2, 0) is 10.8 Å². The molecule has 0 fully saturated rings. The normalized spacial score (nSPS) is 14.5. The number of rotatable bonds is 4. The Morgan fingerprint density at radius 3 is 2.73 bits per heavy atom. The van der Waals surface area contributed by atoms with Crippen LogP contribution in [0, 0.1) is 0 Å². The van der Waals surface area contributed by atoms with Gasteiger partial charge in [0.25, 0.3) is 0 Å². The summed E-state index contributed by atoms with van der Waals surface area (Å²) in [7, 11) is -1.12. The summed E-state index contributed by atoms with van der Waals surface area (Å²) < 4.78 is 11.9. The zero-order valence-corrected chi connectivity index (χ0v) is 9.58. The van der Waals surface area contributed by atoms with Gasteiger partial charge in [0.2, 0.25) is 0 Å². The Balaban J connectivity index is 3.00. The quantitative estimate of drug-likeness (QED) is 0.857. The predicted octanol–water partition coefficient (Wildman–Crippen LogP) is 2.29. The van der Waals surface area contributed by atoms with Crippen LogP contribution >= 0.6 is 0 Å². The predicted molar refractivity (Wildman–Crippen MR) is 59.6 cm³/mol. The van der Waals surface area contributed by atoms with Crippen LogP contribution in [0.5, 0.6) is 0 Å². The average molecular weight is 226 g/mol. The van der Waals surface area contributed by atoms with Crippen LogP contribution in [0.25, 0.3) is 0 Å². The Labute approximate surface area is 91.6 Å². The zero-order chi connectivity index (χ0) is 11.4. The molecule has 0 saturated heterocycles. The molecule has 82 valence electrons. The molecular formula is C11H14O3S. The van der Waals surface area contributed by atoms with E-state index in [1.165, 1.54) is 12.1 Å². The van der Waals surface area contributed by atoms with Crippen molar-refractivity contribution in [3.8, 4) is 0 Å². The maximum absolute atomic E-state index is 11.9. The molecule has 0 aliphatic rings. The van der Waals surface area contributed by atoms with Crippen molar-refractivity contribution in [3.05, 3.63) is 29.8 Å². The van der Waals surface area contributed by atoms with Crippen molar-refractivity contribution in [1.82, 2.24) is 0 Å². The Hall–Kier alpha value is -1.16. The van der Waals surface area contributed by atoms with E-state index in [9.17, 15) is 9.00 Å². The molecule has 0 radical (unpaired) electrons. The Morgan fingerprint density at radius 2 is 2.20 bits per heavy atom. The maximum atomic E-state index is 11.9. The van der Waals surface area contributed by atoms with Gasteiger partial charge in [-0.1, -0.05) is 19.9 Å². The fraction of sp³-hybridized carbons (Fsp3) is 0.364. The second-order valence-corrected chi connectivity index (χ2v) is 5.22. The zero-order valence-electron chi connectivity index (χ0n) is 8.77. The molecular weight excluding hydrogens is 212 g/mol. The van der Waals surface area contributed by atoms with Crippen molar-refractivity contribution in [1.29, 1.82) is 0 Å². The van der Waals surface area contributed by atoms with Crippen molar-refractivity contribution in [2.75, 3.05) is 0 Å². The molecule has 0 aliphatic carbocycles. The molecule has 3 nitrogen and oxygen atoms in total. The van der Waals surface area contributed by atoms with Gasteiger partial charge in [-0.05, 0) is 24.6 Å². The van der Waals surface area contributed by atoms with E-state index < -0.39 is 16.8 Å². The van der Waals surface area contributed by atoms with Gasteiger partial charge in [0.15, 0.2) is 0 Å². The summed E-state index contributed by atoms with van der Waals surface area (Å²) in [6.07, 6.45) is 0.809. The fourth-order valence-corrected chi connectivity index (χ4v) is 2.36. The number of carboxylic acids is 1. The first kappa shape index (κ1) is 11.9. The summed E-state index contributed by atoms with van der Waals surface area (Å²) >= 11 is 0. The third kappa shape index (κ3) is 2.89. The van der Waals surface area contributed by atoms with Crippen molar-refractivity contribution in [2.45, 2.75) is 30.4 Å². The molecule has 15 heavy (non-hydrogen) atoms. The van der Waals surface area contributed by atoms with Crippen LogP contribution in [-0.4, -0.2) is 20.5 Å². The minimum Gasteiger partial charge on any atom is -0.478 e. The number of benzene rings is 1. The van der Waals surface area contributed by atoms with Crippen LogP contribution in [0.15, 0.2) is 29.2 Å². The topological polar surface area (TPSA) is 54.4 Å². The molecule has 1 rings (SSSR count). The van der Waals surface area contributed by atoms with Crippen LogP contribution in [0.1, 0.15) is 30.6 Å². The number of carbonyl (C=O) groups is 1. The standard InChI is InChI=1S/C11H14O3S/c1-3-8(2)15(14)10-6-4-5-9(7-10)11(12)13/h4-8H,3H2,1-2H3,(H,12,13). The van der Waals surface area contributed by atoms with Crippen molar-refractivity contribution in [3.63, 3.8) is 0 Å². The van der Waals surface area contributed by atoms with Crippen LogP contribution in [0.4, 0.5) is 0 Å². The first-order valence-electron chi connectivity index (χ1n) is 4.80. The molecule has 4 heteroatoms. The van der Waals surface area contributed by atoms with Crippen molar-refractivity contribution in [2.24, 2.45) is 0 Å². The number of hydrogen-bond donors (Lipinski definition) is 1. The van der Waals surface area contributed by atoms with E-state index in [1.807, 2.05) is 13.8 Å². The second kappa shape index (κ2) is 5.07. The van der Waals surface area contributed by atoms with Gasteiger partial charge in [-0.2, -0.15) is 0 Å². The Morgan fingerprint density at radius 1 is 1.53 bits per heavy atom. The lowest BCUT2D eigenvalue weighted by Crippen LogP contribution is -2.10. The smallest absolute Gasteiger partial charge is 0.335 e. The van der Waals surface area contributed by atoms with E-state index in [0.29, 0.717) is 4.90 Å². The lowest BCUT2D eigenvalue weighted by Gasteiger charge is -2.08. The number of aromatic carboxylic acids is 1. The molecule has 2 atom stereocenters. The van der Waals surface area contributed by atoms with E-state index in [1.54, 1.807) is 12.1 Å². The van der Waals surface area contributed by atoms with Crippen LogP contribution < -0.4 is 0 Å². The van der Waals surface area contributed by atoms with E-state index in [2.05, 4.69) is 0 Å². The summed E-state index contributed by atoms with van der Waals surface area (Å²) in [6, 6.07) is 6.30.